The van der Waals surface area contributed by atoms with E-state index in [1.54, 1.807) is 19.4 Å². The Morgan fingerprint density at radius 3 is 2.90 bits per heavy atom. The number of anilines is 3. The van der Waals surface area contributed by atoms with Crippen LogP contribution in [-0.2, 0) is 0 Å². The lowest BCUT2D eigenvalue weighted by Gasteiger charge is -2.09. The third-order valence-corrected chi connectivity index (χ3v) is 3.59. The van der Waals surface area contributed by atoms with Crippen LogP contribution in [0.25, 0.3) is 11.2 Å². The minimum Gasteiger partial charge on any atom is -0.357 e. The van der Waals surface area contributed by atoms with Gasteiger partial charge < -0.3 is 15.6 Å². The van der Waals surface area contributed by atoms with Crippen LogP contribution in [0.5, 0.6) is 0 Å². The number of imidazole rings is 1. The van der Waals surface area contributed by atoms with Crippen LogP contribution in [0.3, 0.4) is 0 Å². The van der Waals surface area contributed by atoms with E-state index in [2.05, 4.69) is 53.2 Å². The fourth-order valence-electron chi connectivity index (χ4n) is 1.75. The molecule has 3 rings (SSSR count). The Balaban J connectivity index is 2.07. The molecule has 3 N–H and O–H groups in total. The smallest absolute Gasteiger partial charge is 0.226 e. The van der Waals surface area contributed by atoms with E-state index in [0.29, 0.717) is 22.9 Å². The Hall–Kier alpha value is -1.97. The van der Waals surface area contributed by atoms with Gasteiger partial charge in [0.2, 0.25) is 5.95 Å². The number of benzene rings is 1. The van der Waals surface area contributed by atoms with E-state index >= 15 is 0 Å². The van der Waals surface area contributed by atoms with Crippen LogP contribution in [0.15, 0.2) is 24.5 Å². The second-order valence-corrected chi connectivity index (χ2v) is 5.16. The van der Waals surface area contributed by atoms with Gasteiger partial charge in [-0.3, -0.25) is 0 Å². The molecule has 0 aliphatic carbocycles. The molecule has 20 heavy (non-hydrogen) atoms. The monoisotopic (exact) mass is 384 g/mol. The SMILES string of the molecule is CNc1nc(Nc2ccc(F)cc2I)c2[nH]cnc2n1. The van der Waals surface area contributed by atoms with E-state index in [1.165, 1.54) is 12.1 Å². The van der Waals surface area contributed by atoms with Gasteiger partial charge in [0.05, 0.1) is 12.0 Å². The Kier molecular flexibility index (Phi) is 3.38. The Morgan fingerprint density at radius 1 is 1.30 bits per heavy atom. The summed E-state index contributed by atoms with van der Waals surface area (Å²) in [4.78, 5) is 15.7. The van der Waals surface area contributed by atoms with Gasteiger partial charge in [0.25, 0.3) is 0 Å². The summed E-state index contributed by atoms with van der Waals surface area (Å²) < 4.78 is 13.9. The third-order valence-electron chi connectivity index (χ3n) is 2.69. The summed E-state index contributed by atoms with van der Waals surface area (Å²) in [7, 11) is 1.74. The minimum absolute atomic E-state index is 0.273. The standard InChI is InChI=1S/C12H10FIN6/c1-15-12-19-10-9(16-5-17-10)11(20-12)18-8-3-2-6(13)4-7(8)14/h2-5H,1H3,(H3,15,16,17,18,19,20). The maximum Gasteiger partial charge on any atom is 0.226 e. The molecule has 2 aromatic heterocycles. The molecule has 0 saturated heterocycles. The highest BCUT2D eigenvalue weighted by atomic mass is 127. The predicted molar refractivity (Wildman–Crippen MR) is 83.6 cm³/mol. The Labute approximate surface area is 127 Å². The van der Waals surface area contributed by atoms with Crippen molar-refractivity contribution >= 4 is 51.2 Å². The van der Waals surface area contributed by atoms with Crippen LogP contribution in [0.1, 0.15) is 0 Å². The fourth-order valence-corrected chi connectivity index (χ4v) is 2.37. The Morgan fingerprint density at radius 2 is 2.15 bits per heavy atom. The van der Waals surface area contributed by atoms with Crippen molar-refractivity contribution in [2.45, 2.75) is 0 Å². The molecule has 0 radical (unpaired) electrons. The van der Waals surface area contributed by atoms with E-state index in [0.717, 1.165) is 9.26 Å². The first kappa shape index (κ1) is 13.0. The van der Waals surface area contributed by atoms with Gasteiger partial charge in [-0.1, -0.05) is 0 Å². The molecule has 0 unspecified atom stereocenters. The molecule has 0 spiro atoms. The number of nitrogens with one attached hydrogen (secondary N) is 3. The largest absolute Gasteiger partial charge is 0.357 e. The Bertz CT molecular complexity index is 772. The van der Waals surface area contributed by atoms with Crippen molar-refractivity contribution in [1.29, 1.82) is 0 Å². The molecule has 1 aromatic carbocycles. The van der Waals surface area contributed by atoms with Crippen LogP contribution in [0, 0.1) is 9.39 Å². The molecule has 0 amide bonds. The van der Waals surface area contributed by atoms with Crippen LogP contribution >= 0.6 is 22.6 Å². The summed E-state index contributed by atoms with van der Waals surface area (Å²) in [6.45, 7) is 0. The summed E-state index contributed by atoms with van der Waals surface area (Å²) in [5.41, 5.74) is 2.02. The molecule has 0 saturated carbocycles. The van der Waals surface area contributed by atoms with Crippen molar-refractivity contribution < 1.29 is 4.39 Å². The second kappa shape index (κ2) is 5.19. The summed E-state index contributed by atoms with van der Waals surface area (Å²) >= 11 is 2.07. The van der Waals surface area contributed by atoms with E-state index in [1.807, 2.05) is 0 Å². The molecule has 0 atom stereocenters. The van der Waals surface area contributed by atoms with Gasteiger partial charge in [0.1, 0.15) is 11.3 Å². The molecule has 0 aliphatic heterocycles. The van der Waals surface area contributed by atoms with Crippen molar-refractivity contribution in [3.8, 4) is 0 Å². The van der Waals surface area contributed by atoms with Gasteiger partial charge in [-0.2, -0.15) is 9.97 Å². The van der Waals surface area contributed by atoms with Crippen LogP contribution in [0.4, 0.5) is 21.8 Å². The molecule has 8 heteroatoms. The molecule has 0 bridgehead atoms. The number of fused-ring (bicyclic) bond motifs is 1. The lowest BCUT2D eigenvalue weighted by molar-refractivity contribution is 0.627. The number of aromatic amines is 1. The van der Waals surface area contributed by atoms with E-state index in [9.17, 15) is 4.39 Å². The first-order chi connectivity index (χ1) is 9.67. The van der Waals surface area contributed by atoms with Gasteiger partial charge in [-0.15, -0.1) is 0 Å². The molecule has 0 fully saturated rings. The molecule has 0 aliphatic rings. The summed E-state index contributed by atoms with van der Waals surface area (Å²) in [5, 5.41) is 6.05. The average Bonchev–Trinajstić information content (AvgIpc) is 2.90. The van der Waals surface area contributed by atoms with Gasteiger partial charge in [0.15, 0.2) is 11.5 Å². The lowest BCUT2D eigenvalue weighted by Crippen LogP contribution is -2.02. The highest BCUT2D eigenvalue weighted by Crippen LogP contribution is 2.26. The molecular formula is C12H10FIN6. The zero-order valence-electron chi connectivity index (χ0n) is 10.4. The van der Waals surface area contributed by atoms with Gasteiger partial charge in [-0.25, -0.2) is 9.37 Å². The quantitative estimate of drug-likeness (QED) is 0.606. The number of hydrogen-bond acceptors (Lipinski definition) is 5. The average molecular weight is 384 g/mol. The lowest BCUT2D eigenvalue weighted by atomic mass is 10.3. The highest BCUT2D eigenvalue weighted by Gasteiger charge is 2.11. The van der Waals surface area contributed by atoms with E-state index in [-0.39, 0.29) is 5.82 Å². The van der Waals surface area contributed by atoms with E-state index in [4.69, 9.17) is 0 Å². The van der Waals surface area contributed by atoms with Crippen LogP contribution in [-0.4, -0.2) is 27.0 Å². The molecule has 3 aromatic rings. The van der Waals surface area contributed by atoms with E-state index < -0.39 is 0 Å². The van der Waals surface area contributed by atoms with Crippen molar-refractivity contribution in [1.82, 2.24) is 19.9 Å². The zero-order valence-corrected chi connectivity index (χ0v) is 12.6. The molecular weight excluding hydrogens is 374 g/mol. The maximum atomic E-state index is 13.1. The summed E-state index contributed by atoms with van der Waals surface area (Å²) in [6.07, 6.45) is 1.56. The highest BCUT2D eigenvalue weighted by molar-refractivity contribution is 14.1. The molecule has 6 nitrogen and oxygen atoms in total. The number of rotatable bonds is 3. The van der Waals surface area contributed by atoms with Crippen LogP contribution < -0.4 is 10.6 Å². The summed E-state index contributed by atoms with van der Waals surface area (Å²) in [5.74, 6) is 0.774. The third kappa shape index (κ3) is 2.38. The normalized spacial score (nSPS) is 10.8. The number of aromatic nitrogens is 4. The first-order valence-electron chi connectivity index (χ1n) is 5.78. The summed E-state index contributed by atoms with van der Waals surface area (Å²) in [6, 6.07) is 4.52. The van der Waals surface area contributed by atoms with Crippen molar-refractivity contribution in [3.05, 3.63) is 33.9 Å². The number of nitrogens with zero attached hydrogens (tertiary/aromatic N) is 3. The fraction of sp³-hybridized carbons (Fsp3) is 0.0833. The van der Waals surface area contributed by atoms with Crippen molar-refractivity contribution in [2.24, 2.45) is 0 Å². The van der Waals surface area contributed by atoms with Gasteiger partial charge >= 0.3 is 0 Å². The van der Waals surface area contributed by atoms with Gasteiger partial charge in [-0.05, 0) is 40.8 Å². The number of hydrogen-bond donors (Lipinski definition) is 3. The minimum atomic E-state index is -0.273. The number of H-pyrrole nitrogens is 1. The van der Waals surface area contributed by atoms with Crippen molar-refractivity contribution in [3.63, 3.8) is 0 Å². The topological polar surface area (TPSA) is 78.5 Å². The zero-order chi connectivity index (χ0) is 14.1. The molecule has 102 valence electrons. The molecule has 2 heterocycles. The second-order valence-electron chi connectivity index (χ2n) is 4.00. The van der Waals surface area contributed by atoms with Crippen LogP contribution in [0.2, 0.25) is 0 Å². The number of halogens is 2. The maximum absolute atomic E-state index is 13.1. The predicted octanol–water partition coefficient (Wildman–Crippen LogP) is 2.88. The van der Waals surface area contributed by atoms with Gasteiger partial charge in [0, 0.05) is 10.6 Å². The van der Waals surface area contributed by atoms with Crippen molar-refractivity contribution in [2.75, 3.05) is 17.7 Å². The first-order valence-corrected chi connectivity index (χ1v) is 6.86.